The predicted molar refractivity (Wildman–Crippen MR) is 123 cm³/mol. The largest absolute Gasteiger partial charge is 0.433 e. The van der Waals surface area contributed by atoms with Gasteiger partial charge in [-0.05, 0) is 54.5 Å². The third-order valence-electron chi connectivity index (χ3n) is 4.91. The van der Waals surface area contributed by atoms with Gasteiger partial charge in [-0.15, -0.1) is 0 Å². The van der Waals surface area contributed by atoms with Gasteiger partial charge in [0.2, 0.25) is 0 Å². The van der Waals surface area contributed by atoms with Crippen LogP contribution in [0.3, 0.4) is 0 Å². The van der Waals surface area contributed by atoms with Crippen LogP contribution >= 0.6 is 0 Å². The van der Waals surface area contributed by atoms with Crippen LogP contribution in [-0.4, -0.2) is 18.3 Å². The number of amides is 1. The van der Waals surface area contributed by atoms with Crippen molar-refractivity contribution in [3.8, 4) is 11.1 Å². The van der Waals surface area contributed by atoms with Crippen molar-refractivity contribution in [2.24, 2.45) is 5.16 Å². The van der Waals surface area contributed by atoms with Gasteiger partial charge in [0.25, 0.3) is 0 Å². The number of nitrogens with one attached hydrogen (secondary N) is 1. The normalized spacial score (nSPS) is 11.2. The number of unbranched alkanes of at least 4 members (excludes halogenated alkanes) is 2. The van der Waals surface area contributed by atoms with Crippen LogP contribution in [0, 0.1) is 0 Å². The molecule has 0 radical (unpaired) electrons. The van der Waals surface area contributed by atoms with Crippen molar-refractivity contribution in [2.75, 3.05) is 6.54 Å². The first-order valence-electron chi connectivity index (χ1n) is 10.4. The van der Waals surface area contributed by atoms with Crippen LogP contribution in [0.25, 0.3) is 11.1 Å². The molecule has 0 fully saturated rings. The Morgan fingerprint density at radius 1 is 0.833 bits per heavy atom. The molecule has 3 rings (SSSR count). The Hall–Kier alpha value is -3.40. The minimum Gasteiger partial charge on any atom is -0.320 e. The van der Waals surface area contributed by atoms with E-state index in [0.717, 1.165) is 42.4 Å². The van der Waals surface area contributed by atoms with Crippen LogP contribution in [0.1, 0.15) is 37.3 Å². The standard InChI is InChI=1S/C26H28N2O2/c1-21(24-17-11-18-25(20-24)23-15-8-3-9-16-23)28-30-26(29)27-19-10-4-7-14-22-12-5-2-6-13-22/h2-3,5-6,8-9,11-13,15-18,20H,4,7,10,14,19H2,1H3,(H,27,29)/b28-21+. The summed E-state index contributed by atoms with van der Waals surface area (Å²) in [4.78, 5) is 16.9. The summed E-state index contributed by atoms with van der Waals surface area (Å²) in [5.74, 6) is 0. The fourth-order valence-corrected chi connectivity index (χ4v) is 3.22. The van der Waals surface area contributed by atoms with Gasteiger partial charge in [0.1, 0.15) is 0 Å². The van der Waals surface area contributed by atoms with Crippen LogP contribution in [0.15, 0.2) is 90.1 Å². The first-order chi connectivity index (χ1) is 14.7. The van der Waals surface area contributed by atoms with E-state index in [9.17, 15) is 4.79 Å². The van der Waals surface area contributed by atoms with Gasteiger partial charge in [-0.1, -0.05) is 90.4 Å². The molecule has 0 heterocycles. The molecule has 3 aromatic rings. The van der Waals surface area contributed by atoms with Gasteiger partial charge >= 0.3 is 6.09 Å². The molecule has 1 amide bonds. The topological polar surface area (TPSA) is 50.7 Å². The Morgan fingerprint density at radius 3 is 2.30 bits per heavy atom. The Kier molecular flexibility index (Phi) is 8.22. The second-order valence-corrected chi connectivity index (χ2v) is 7.23. The molecule has 30 heavy (non-hydrogen) atoms. The van der Waals surface area contributed by atoms with Crippen LogP contribution in [-0.2, 0) is 11.3 Å². The zero-order valence-corrected chi connectivity index (χ0v) is 17.4. The number of benzene rings is 3. The number of hydrogen-bond acceptors (Lipinski definition) is 3. The van der Waals surface area contributed by atoms with Gasteiger partial charge in [0.05, 0.1) is 5.71 Å². The molecule has 0 saturated heterocycles. The number of rotatable bonds is 9. The summed E-state index contributed by atoms with van der Waals surface area (Å²) in [6.07, 6.45) is 3.64. The van der Waals surface area contributed by atoms with Crippen molar-refractivity contribution in [1.82, 2.24) is 5.32 Å². The summed E-state index contributed by atoms with van der Waals surface area (Å²) in [5.41, 5.74) is 5.17. The molecule has 0 bridgehead atoms. The third-order valence-corrected chi connectivity index (χ3v) is 4.91. The second kappa shape index (κ2) is 11.6. The van der Waals surface area contributed by atoms with E-state index < -0.39 is 6.09 Å². The Morgan fingerprint density at radius 2 is 1.53 bits per heavy atom. The summed E-state index contributed by atoms with van der Waals surface area (Å²) in [5, 5.41) is 6.75. The van der Waals surface area contributed by atoms with E-state index in [2.05, 4.69) is 52.9 Å². The summed E-state index contributed by atoms with van der Waals surface area (Å²) in [6, 6.07) is 28.6. The Bertz CT molecular complexity index is 953. The molecule has 154 valence electrons. The summed E-state index contributed by atoms with van der Waals surface area (Å²) in [7, 11) is 0. The lowest BCUT2D eigenvalue weighted by Crippen LogP contribution is -2.24. The number of oxime groups is 1. The minimum atomic E-state index is -0.517. The lowest BCUT2D eigenvalue weighted by molar-refractivity contribution is 0.150. The van der Waals surface area contributed by atoms with Gasteiger partial charge < -0.3 is 5.32 Å². The highest BCUT2D eigenvalue weighted by Crippen LogP contribution is 2.20. The Labute approximate surface area is 178 Å². The van der Waals surface area contributed by atoms with E-state index in [-0.39, 0.29) is 0 Å². The van der Waals surface area contributed by atoms with Crippen molar-refractivity contribution >= 4 is 11.8 Å². The molecule has 1 N–H and O–H groups in total. The predicted octanol–water partition coefficient (Wildman–Crippen LogP) is 6.22. The van der Waals surface area contributed by atoms with Gasteiger partial charge in [-0.25, -0.2) is 4.79 Å². The molecule has 0 unspecified atom stereocenters. The highest BCUT2D eigenvalue weighted by Gasteiger charge is 2.05. The van der Waals surface area contributed by atoms with Crippen molar-refractivity contribution in [2.45, 2.75) is 32.6 Å². The van der Waals surface area contributed by atoms with Crippen molar-refractivity contribution < 1.29 is 9.63 Å². The van der Waals surface area contributed by atoms with Crippen molar-refractivity contribution in [1.29, 1.82) is 0 Å². The monoisotopic (exact) mass is 400 g/mol. The lowest BCUT2D eigenvalue weighted by Gasteiger charge is -2.06. The molecule has 0 spiro atoms. The lowest BCUT2D eigenvalue weighted by atomic mass is 10.0. The van der Waals surface area contributed by atoms with Gasteiger partial charge in [-0.2, -0.15) is 0 Å². The average molecular weight is 401 g/mol. The van der Waals surface area contributed by atoms with E-state index in [1.54, 1.807) is 0 Å². The van der Waals surface area contributed by atoms with Crippen LogP contribution in [0.2, 0.25) is 0 Å². The van der Waals surface area contributed by atoms with E-state index in [1.165, 1.54) is 5.56 Å². The van der Waals surface area contributed by atoms with Crippen molar-refractivity contribution in [3.63, 3.8) is 0 Å². The first-order valence-corrected chi connectivity index (χ1v) is 10.4. The molecular weight excluding hydrogens is 372 g/mol. The summed E-state index contributed by atoms with van der Waals surface area (Å²) < 4.78 is 0. The zero-order valence-electron chi connectivity index (χ0n) is 17.4. The number of carbonyl (C=O) groups is 1. The van der Waals surface area contributed by atoms with Crippen molar-refractivity contribution in [3.05, 3.63) is 96.1 Å². The second-order valence-electron chi connectivity index (χ2n) is 7.23. The fourth-order valence-electron chi connectivity index (χ4n) is 3.22. The van der Waals surface area contributed by atoms with Gasteiger partial charge in [-0.3, -0.25) is 4.84 Å². The maximum absolute atomic E-state index is 11.9. The number of hydrogen-bond donors (Lipinski definition) is 1. The quantitative estimate of drug-likeness (QED) is 0.201. The smallest absolute Gasteiger partial charge is 0.320 e. The third kappa shape index (κ3) is 6.89. The van der Waals surface area contributed by atoms with Gasteiger partial charge in [0, 0.05) is 6.54 Å². The van der Waals surface area contributed by atoms with E-state index in [1.807, 2.05) is 49.4 Å². The molecule has 0 aliphatic carbocycles. The molecule has 4 nitrogen and oxygen atoms in total. The van der Waals surface area contributed by atoms with E-state index in [4.69, 9.17) is 4.84 Å². The highest BCUT2D eigenvalue weighted by atomic mass is 16.7. The minimum absolute atomic E-state index is 0.517. The molecular formula is C26H28N2O2. The van der Waals surface area contributed by atoms with Crippen LogP contribution < -0.4 is 5.32 Å². The summed E-state index contributed by atoms with van der Waals surface area (Å²) in [6.45, 7) is 2.42. The van der Waals surface area contributed by atoms with E-state index >= 15 is 0 Å². The molecule has 4 heteroatoms. The molecule has 0 saturated carbocycles. The molecule has 3 aromatic carbocycles. The highest BCUT2D eigenvalue weighted by molar-refractivity contribution is 5.99. The molecule has 0 aliphatic heterocycles. The maximum Gasteiger partial charge on any atom is 0.433 e. The SMILES string of the molecule is C/C(=N\OC(=O)NCCCCCc1ccccc1)c1cccc(-c2ccccc2)c1. The maximum atomic E-state index is 11.9. The number of aryl methyl sites for hydroxylation is 1. The zero-order chi connectivity index (χ0) is 21.0. The first kappa shape index (κ1) is 21.3. The van der Waals surface area contributed by atoms with Gasteiger partial charge in [0.15, 0.2) is 0 Å². The molecule has 0 aliphatic rings. The Balaban J connectivity index is 1.39. The number of carbonyl (C=O) groups excluding carboxylic acids is 1. The average Bonchev–Trinajstić information content (AvgIpc) is 2.81. The summed E-state index contributed by atoms with van der Waals surface area (Å²) >= 11 is 0. The number of nitrogens with zero attached hydrogens (tertiary/aromatic N) is 1. The van der Waals surface area contributed by atoms with Crippen LogP contribution in [0.5, 0.6) is 0 Å². The molecule has 0 aromatic heterocycles. The fraction of sp³-hybridized carbons (Fsp3) is 0.231. The molecule has 0 atom stereocenters. The van der Waals surface area contributed by atoms with E-state index in [0.29, 0.717) is 12.3 Å². The van der Waals surface area contributed by atoms with Crippen LogP contribution in [0.4, 0.5) is 4.79 Å².